The summed E-state index contributed by atoms with van der Waals surface area (Å²) in [5, 5.41) is 7.75. The number of hydrogen-bond donors (Lipinski definition) is 0. The van der Waals surface area contributed by atoms with E-state index in [0.29, 0.717) is 12.4 Å². The highest BCUT2D eigenvalue weighted by molar-refractivity contribution is 5.67. The molecule has 0 saturated carbocycles. The van der Waals surface area contributed by atoms with Crippen molar-refractivity contribution in [2.24, 2.45) is 0 Å². The molecule has 0 bridgehead atoms. The molecule has 8 heteroatoms. The first kappa shape index (κ1) is 22.1. The van der Waals surface area contributed by atoms with Crippen molar-refractivity contribution in [1.29, 1.82) is 0 Å². The first-order valence-electron chi connectivity index (χ1n) is 9.96. The maximum absolute atomic E-state index is 12.9. The summed E-state index contributed by atoms with van der Waals surface area (Å²) < 4.78 is 55.6. The normalized spacial score (nSPS) is 11.6. The van der Waals surface area contributed by atoms with Gasteiger partial charge in [-0.15, -0.1) is 10.2 Å². The van der Waals surface area contributed by atoms with Crippen LogP contribution in [0.2, 0.25) is 0 Å². The number of aromatic nitrogens is 2. The Morgan fingerprint density at radius 3 is 2.48 bits per heavy atom. The topological polar surface area (TPSA) is 57.4 Å². The number of hydrogen-bond acceptors (Lipinski definition) is 5. The van der Waals surface area contributed by atoms with Gasteiger partial charge in [-0.2, -0.15) is 13.2 Å². The highest BCUT2D eigenvalue weighted by Gasteiger charge is 2.30. The Balaban J connectivity index is 1.50. The number of methoxy groups -OCH3 is 1. The number of rotatable bonds is 7. The summed E-state index contributed by atoms with van der Waals surface area (Å²) in [7, 11) is 1.59. The number of ether oxygens (including phenoxy) is 2. The van der Waals surface area contributed by atoms with E-state index in [1.54, 1.807) is 19.3 Å². The molecule has 0 saturated heterocycles. The van der Waals surface area contributed by atoms with E-state index < -0.39 is 11.7 Å². The molecule has 0 radical (unpaired) electrons. The summed E-state index contributed by atoms with van der Waals surface area (Å²) in [6, 6.07) is 19.8. The Labute approximate surface area is 188 Å². The summed E-state index contributed by atoms with van der Waals surface area (Å²) in [6.07, 6.45) is -1.10. The van der Waals surface area contributed by atoms with E-state index in [1.165, 1.54) is 12.1 Å². The predicted octanol–water partition coefficient (Wildman–Crippen LogP) is 6.51. The van der Waals surface area contributed by atoms with E-state index in [-0.39, 0.29) is 17.3 Å². The maximum atomic E-state index is 12.9. The molecule has 4 aromatic rings. The van der Waals surface area contributed by atoms with Crippen LogP contribution in [-0.2, 0) is 12.8 Å². The van der Waals surface area contributed by atoms with Crippen molar-refractivity contribution >= 4 is 12.2 Å². The van der Waals surface area contributed by atoms with Gasteiger partial charge < -0.3 is 13.9 Å². The first-order chi connectivity index (χ1) is 15.9. The van der Waals surface area contributed by atoms with E-state index in [2.05, 4.69) is 10.2 Å². The molecule has 0 aliphatic carbocycles. The van der Waals surface area contributed by atoms with Gasteiger partial charge in [0.15, 0.2) is 0 Å². The number of alkyl halides is 3. The SMILES string of the molecule is COc1ccc(/C=C\c2nnc(-c3cccc(C(F)(F)F)c3)o2)cc1COc1ccccc1. The molecule has 0 atom stereocenters. The summed E-state index contributed by atoms with van der Waals surface area (Å²) in [6.45, 7) is 0.315. The molecule has 4 rings (SSSR count). The zero-order valence-corrected chi connectivity index (χ0v) is 17.5. The van der Waals surface area contributed by atoms with Crippen LogP contribution in [0.15, 0.2) is 77.2 Å². The molecule has 168 valence electrons. The highest BCUT2D eigenvalue weighted by Crippen LogP contribution is 2.32. The van der Waals surface area contributed by atoms with Crippen molar-refractivity contribution in [2.45, 2.75) is 12.8 Å². The Bertz CT molecular complexity index is 1250. The quantitative estimate of drug-likeness (QED) is 0.320. The average Bonchev–Trinajstić information content (AvgIpc) is 3.31. The van der Waals surface area contributed by atoms with Gasteiger partial charge in [-0.1, -0.05) is 30.3 Å². The Morgan fingerprint density at radius 2 is 1.73 bits per heavy atom. The van der Waals surface area contributed by atoms with E-state index >= 15 is 0 Å². The lowest BCUT2D eigenvalue weighted by molar-refractivity contribution is -0.137. The number of benzene rings is 3. The highest BCUT2D eigenvalue weighted by atomic mass is 19.4. The predicted molar refractivity (Wildman–Crippen MR) is 117 cm³/mol. The fourth-order valence-electron chi connectivity index (χ4n) is 3.11. The molecule has 0 amide bonds. The minimum atomic E-state index is -4.45. The van der Waals surface area contributed by atoms with Gasteiger partial charge in [0.25, 0.3) is 0 Å². The molecular formula is C25H19F3N2O3. The molecular weight excluding hydrogens is 433 g/mol. The molecule has 3 aromatic carbocycles. The molecule has 0 aliphatic rings. The third kappa shape index (κ3) is 5.60. The lowest BCUT2D eigenvalue weighted by Crippen LogP contribution is -2.04. The summed E-state index contributed by atoms with van der Waals surface area (Å²) >= 11 is 0. The van der Waals surface area contributed by atoms with Crippen molar-refractivity contribution in [3.05, 3.63) is 95.4 Å². The van der Waals surface area contributed by atoms with Crippen LogP contribution in [0, 0.1) is 0 Å². The molecule has 0 aliphatic heterocycles. The van der Waals surface area contributed by atoms with Gasteiger partial charge in [0.05, 0.1) is 12.7 Å². The van der Waals surface area contributed by atoms with Crippen LogP contribution in [-0.4, -0.2) is 17.3 Å². The maximum Gasteiger partial charge on any atom is 0.416 e. The fourth-order valence-corrected chi connectivity index (χ4v) is 3.11. The van der Waals surface area contributed by atoms with Crippen molar-refractivity contribution in [3.8, 4) is 23.0 Å². The second-order valence-electron chi connectivity index (χ2n) is 7.03. The summed E-state index contributed by atoms with van der Waals surface area (Å²) in [5.41, 5.74) is 1.10. The van der Waals surface area contributed by atoms with Crippen LogP contribution in [0.1, 0.15) is 22.6 Å². The number of halogens is 3. The fraction of sp³-hybridized carbons (Fsp3) is 0.120. The molecule has 0 N–H and O–H groups in total. The lowest BCUT2D eigenvalue weighted by Gasteiger charge is -2.11. The van der Waals surface area contributed by atoms with Crippen molar-refractivity contribution in [1.82, 2.24) is 10.2 Å². The summed E-state index contributed by atoms with van der Waals surface area (Å²) in [4.78, 5) is 0. The third-order valence-corrected chi connectivity index (χ3v) is 4.74. The van der Waals surface area contributed by atoms with Crippen molar-refractivity contribution in [3.63, 3.8) is 0 Å². The molecule has 33 heavy (non-hydrogen) atoms. The van der Waals surface area contributed by atoms with Gasteiger partial charge in [-0.05, 0) is 54.1 Å². The summed E-state index contributed by atoms with van der Waals surface area (Å²) in [5.74, 6) is 1.61. The van der Waals surface area contributed by atoms with Crippen LogP contribution >= 0.6 is 0 Å². The Morgan fingerprint density at radius 1 is 0.909 bits per heavy atom. The van der Waals surface area contributed by atoms with Crippen LogP contribution in [0.25, 0.3) is 23.6 Å². The minimum absolute atomic E-state index is 0.00688. The zero-order chi connectivity index (χ0) is 23.3. The lowest BCUT2D eigenvalue weighted by atomic mass is 10.1. The van der Waals surface area contributed by atoms with Crippen molar-refractivity contribution < 1.29 is 27.1 Å². The molecule has 1 aromatic heterocycles. The minimum Gasteiger partial charge on any atom is -0.496 e. The molecule has 0 unspecified atom stereocenters. The van der Waals surface area contributed by atoms with E-state index in [4.69, 9.17) is 13.9 Å². The third-order valence-electron chi connectivity index (χ3n) is 4.74. The van der Waals surface area contributed by atoms with E-state index in [9.17, 15) is 13.2 Å². The first-order valence-corrected chi connectivity index (χ1v) is 9.96. The van der Waals surface area contributed by atoms with E-state index in [0.717, 1.165) is 29.0 Å². The van der Waals surface area contributed by atoms with Gasteiger partial charge in [-0.3, -0.25) is 0 Å². The van der Waals surface area contributed by atoms with Crippen molar-refractivity contribution in [2.75, 3.05) is 7.11 Å². The Hall–Kier alpha value is -4.07. The molecule has 1 heterocycles. The van der Waals surface area contributed by atoms with Gasteiger partial charge in [-0.25, -0.2) is 0 Å². The van der Waals surface area contributed by atoms with Gasteiger partial charge in [0, 0.05) is 17.2 Å². The zero-order valence-electron chi connectivity index (χ0n) is 17.5. The monoisotopic (exact) mass is 452 g/mol. The molecule has 0 fully saturated rings. The standard InChI is InChI=1S/C25H19F3N2O3/c1-31-22-12-10-17(14-19(22)16-32-21-8-3-2-4-9-21)11-13-23-29-30-24(33-23)18-6-5-7-20(15-18)25(26,27)28/h2-15H,16H2,1H3/b13-11-. The smallest absolute Gasteiger partial charge is 0.416 e. The number of para-hydroxylation sites is 1. The average molecular weight is 452 g/mol. The van der Waals surface area contributed by atoms with Gasteiger partial charge in [0.2, 0.25) is 11.8 Å². The van der Waals surface area contributed by atoms with Crippen LogP contribution in [0.3, 0.4) is 0 Å². The van der Waals surface area contributed by atoms with Crippen LogP contribution < -0.4 is 9.47 Å². The number of nitrogens with zero attached hydrogens (tertiary/aromatic N) is 2. The second kappa shape index (κ2) is 9.60. The Kier molecular flexibility index (Phi) is 6.44. The van der Waals surface area contributed by atoms with Gasteiger partial charge in [0.1, 0.15) is 18.1 Å². The largest absolute Gasteiger partial charge is 0.496 e. The van der Waals surface area contributed by atoms with Crippen LogP contribution in [0.4, 0.5) is 13.2 Å². The van der Waals surface area contributed by atoms with E-state index in [1.807, 2.05) is 48.5 Å². The molecule has 0 spiro atoms. The van der Waals surface area contributed by atoms with Gasteiger partial charge >= 0.3 is 6.18 Å². The van der Waals surface area contributed by atoms with Crippen LogP contribution in [0.5, 0.6) is 11.5 Å². The second-order valence-corrected chi connectivity index (χ2v) is 7.03. The molecule has 5 nitrogen and oxygen atoms in total.